The van der Waals surface area contributed by atoms with E-state index in [9.17, 15) is 24.3 Å². The van der Waals surface area contributed by atoms with E-state index in [1.807, 2.05) is 31.2 Å². The Morgan fingerprint density at radius 1 is 1.00 bits per heavy atom. The molecule has 0 bridgehead atoms. The molecule has 0 saturated carbocycles. The van der Waals surface area contributed by atoms with Gasteiger partial charge in [0.1, 0.15) is 5.69 Å². The molecule has 188 valence electrons. The molecule has 4 aromatic rings. The highest BCUT2D eigenvalue weighted by Gasteiger charge is 2.27. The summed E-state index contributed by atoms with van der Waals surface area (Å²) >= 11 is 6.09. The number of aromatic nitrogens is 1. The van der Waals surface area contributed by atoms with Crippen LogP contribution in [0.15, 0.2) is 71.5 Å². The van der Waals surface area contributed by atoms with Crippen molar-refractivity contribution in [2.45, 2.75) is 20.0 Å². The molecule has 0 saturated heterocycles. The Balaban J connectivity index is 1.71. The molecule has 1 unspecified atom stereocenters. The van der Waals surface area contributed by atoms with Gasteiger partial charge in [0.2, 0.25) is 0 Å². The molecule has 9 heteroatoms. The van der Waals surface area contributed by atoms with Crippen molar-refractivity contribution in [2.75, 3.05) is 5.32 Å². The Labute approximate surface area is 217 Å². The number of amides is 1. The maximum absolute atomic E-state index is 13.4. The zero-order valence-electron chi connectivity index (χ0n) is 20.2. The van der Waals surface area contributed by atoms with Crippen LogP contribution in [0.2, 0.25) is 5.02 Å². The van der Waals surface area contributed by atoms with E-state index in [1.54, 1.807) is 24.3 Å². The smallest absolute Gasteiger partial charge is 0.356 e. The number of fused-ring (bicyclic) bond motifs is 1. The standard InChI is InChI=1S/C28H23ClN2O6/c1-15-8-10-17(11-9-15)23-19-6-4-5-7-20(19)26(33)31(3)24(23)28(36)37-16(2)25(32)30-22-14-18(27(34)35)12-13-21(22)29/h4-14,16H,1-3H3,(H,30,32)(H,34,35). The van der Waals surface area contributed by atoms with Gasteiger partial charge in [-0.25, -0.2) is 9.59 Å². The van der Waals surface area contributed by atoms with Gasteiger partial charge in [0.25, 0.3) is 11.5 Å². The molecule has 1 aromatic heterocycles. The van der Waals surface area contributed by atoms with Gasteiger partial charge in [0.15, 0.2) is 6.10 Å². The molecule has 2 N–H and O–H groups in total. The molecular weight excluding hydrogens is 496 g/mol. The summed E-state index contributed by atoms with van der Waals surface area (Å²) in [6.07, 6.45) is -1.29. The average Bonchev–Trinajstić information content (AvgIpc) is 2.87. The minimum absolute atomic E-state index is 0.00175. The van der Waals surface area contributed by atoms with E-state index in [1.165, 1.54) is 36.7 Å². The van der Waals surface area contributed by atoms with Crippen LogP contribution >= 0.6 is 11.6 Å². The van der Waals surface area contributed by atoms with Crippen molar-refractivity contribution in [1.82, 2.24) is 4.57 Å². The second-order valence-corrected chi connectivity index (χ2v) is 8.94. The number of hydrogen-bond donors (Lipinski definition) is 2. The van der Waals surface area contributed by atoms with Crippen molar-refractivity contribution in [2.24, 2.45) is 7.05 Å². The number of aromatic carboxylic acids is 1. The zero-order valence-corrected chi connectivity index (χ0v) is 21.0. The van der Waals surface area contributed by atoms with E-state index >= 15 is 0 Å². The maximum atomic E-state index is 13.4. The first kappa shape index (κ1) is 25.7. The third kappa shape index (κ3) is 5.10. The number of carbonyl (C=O) groups excluding carboxylic acids is 2. The molecule has 1 atom stereocenters. The summed E-state index contributed by atoms with van der Waals surface area (Å²) in [4.78, 5) is 50.6. The van der Waals surface area contributed by atoms with Gasteiger partial charge in [-0.15, -0.1) is 0 Å². The van der Waals surface area contributed by atoms with Gasteiger partial charge in [-0.3, -0.25) is 9.59 Å². The van der Waals surface area contributed by atoms with Crippen LogP contribution in [-0.4, -0.2) is 33.6 Å². The number of carbonyl (C=O) groups is 3. The molecule has 0 radical (unpaired) electrons. The van der Waals surface area contributed by atoms with Gasteiger partial charge in [0, 0.05) is 18.0 Å². The van der Waals surface area contributed by atoms with E-state index in [0.717, 1.165) is 5.56 Å². The van der Waals surface area contributed by atoms with Crippen LogP contribution in [0.1, 0.15) is 33.3 Å². The quantitative estimate of drug-likeness (QED) is 0.345. The van der Waals surface area contributed by atoms with E-state index in [-0.39, 0.29) is 27.5 Å². The van der Waals surface area contributed by atoms with Crippen LogP contribution in [0.4, 0.5) is 5.69 Å². The molecule has 0 fully saturated rings. The first-order valence-electron chi connectivity index (χ1n) is 11.3. The Bertz CT molecular complexity index is 1610. The predicted molar refractivity (Wildman–Crippen MR) is 141 cm³/mol. The fourth-order valence-electron chi connectivity index (χ4n) is 3.97. The van der Waals surface area contributed by atoms with Crippen LogP contribution in [0.25, 0.3) is 21.9 Å². The topological polar surface area (TPSA) is 115 Å². The number of nitrogens with zero attached hydrogens (tertiary/aromatic N) is 1. The normalized spacial score (nSPS) is 11.7. The number of nitrogens with one attached hydrogen (secondary N) is 1. The van der Waals surface area contributed by atoms with Crippen LogP contribution in [0.5, 0.6) is 0 Å². The summed E-state index contributed by atoms with van der Waals surface area (Å²) in [5, 5.41) is 12.8. The molecule has 37 heavy (non-hydrogen) atoms. The predicted octanol–water partition coefficient (Wildman–Crippen LogP) is 5.05. The van der Waals surface area contributed by atoms with Gasteiger partial charge in [-0.05, 0) is 49.1 Å². The number of pyridine rings is 1. The second kappa shape index (κ2) is 10.3. The van der Waals surface area contributed by atoms with Crippen molar-refractivity contribution in [3.8, 4) is 11.1 Å². The Morgan fingerprint density at radius 2 is 1.65 bits per heavy atom. The van der Waals surface area contributed by atoms with Gasteiger partial charge in [-0.2, -0.15) is 0 Å². The summed E-state index contributed by atoms with van der Waals surface area (Å²) in [6, 6.07) is 18.3. The average molecular weight is 519 g/mol. The first-order valence-corrected chi connectivity index (χ1v) is 11.7. The number of esters is 1. The number of aryl methyl sites for hydroxylation is 1. The molecule has 4 rings (SSSR count). The lowest BCUT2D eigenvalue weighted by atomic mass is 9.96. The van der Waals surface area contributed by atoms with Crippen LogP contribution in [-0.2, 0) is 16.6 Å². The highest BCUT2D eigenvalue weighted by Crippen LogP contribution is 2.31. The molecule has 1 heterocycles. The summed E-state index contributed by atoms with van der Waals surface area (Å²) < 4.78 is 6.71. The summed E-state index contributed by atoms with van der Waals surface area (Å²) in [5.74, 6) is -2.78. The number of halogens is 1. The zero-order chi connectivity index (χ0) is 26.9. The van der Waals surface area contributed by atoms with Crippen molar-refractivity contribution in [3.63, 3.8) is 0 Å². The van der Waals surface area contributed by atoms with E-state index in [4.69, 9.17) is 16.3 Å². The van der Waals surface area contributed by atoms with Gasteiger partial charge < -0.3 is 19.7 Å². The fraction of sp³-hybridized carbons (Fsp3) is 0.143. The number of anilines is 1. The van der Waals surface area contributed by atoms with Crippen molar-refractivity contribution >= 4 is 45.9 Å². The molecule has 0 spiro atoms. The number of carboxylic acid groups (broad SMARTS) is 1. The Hall–Kier alpha value is -4.43. The molecule has 0 aliphatic carbocycles. The molecular formula is C28H23ClN2O6. The number of rotatable bonds is 6. The summed E-state index contributed by atoms with van der Waals surface area (Å²) in [7, 11) is 1.48. The Kier molecular flexibility index (Phi) is 7.13. The fourth-order valence-corrected chi connectivity index (χ4v) is 4.14. The van der Waals surface area contributed by atoms with Gasteiger partial charge in [-0.1, -0.05) is 59.6 Å². The van der Waals surface area contributed by atoms with Crippen LogP contribution in [0, 0.1) is 6.92 Å². The lowest BCUT2D eigenvalue weighted by molar-refractivity contribution is -0.123. The summed E-state index contributed by atoms with van der Waals surface area (Å²) in [5.41, 5.74) is 1.85. The van der Waals surface area contributed by atoms with Crippen molar-refractivity contribution in [1.29, 1.82) is 0 Å². The lowest BCUT2D eigenvalue weighted by Gasteiger charge is -2.19. The maximum Gasteiger partial charge on any atom is 0.356 e. The number of ether oxygens (including phenoxy) is 1. The molecule has 3 aromatic carbocycles. The SMILES string of the molecule is Cc1ccc(-c2c(C(=O)OC(C)C(=O)Nc3cc(C(=O)O)ccc3Cl)n(C)c(=O)c3ccccc23)cc1. The van der Waals surface area contributed by atoms with Gasteiger partial charge >= 0.3 is 11.9 Å². The Morgan fingerprint density at radius 3 is 2.30 bits per heavy atom. The molecule has 0 aliphatic rings. The van der Waals surface area contributed by atoms with E-state index < -0.39 is 23.9 Å². The van der Waals surface area contributed by atoms with E-state index in [0.29, 0.717) is 21.9 Å². The first-order chi connectivity index (χ1) is 17.6. The minimum atomic E-state index is -1.29. The molecule has 8 nitrogen and oxygen atoms in total. The number of hydrogen-bond acceptors (Lipinski definition) is 5. The highest BCUT2D eigenvalue weighted by atomic mass is 35.5. The third-order valence-electron chi connectivity index (χ3n) is 5.96. The lowest BCUT2D eigenvalue weighted by Crippen LogP contribution is -2.33. The van der Waals surface area contributed by atoms with Crippen LogP contribution in [0.3, 0.4) is 0 Å². The molecule has 1 amide bonds. The third-order valence-corrected chi connectivity index (χ3v) is 6.29. The minimum Gasteiger partial charge on any atom is -0.478 e. The van der Waals surface area contributed by atoms with Crippen LogP contribution < -0.4 is 10.9 Å². The second-order valence-electron chi connectivity index (χ2n) is 8.54. The van der Waals surface area contributed by atoms with Crippen molar-refractivity contribution in [3.05, 3.63) is 98.9 Å². The number of carboxylic acids is 1. The van der Waals surface area contributed by atoms with Crippen molar-refractivity contribution < 1.29 is 24.2 Å². The summed E-state index contributed by atoms with van der Waals surface area (Å²) in [6.45, 7) is 3.31. The highest BCUT2D eigenvalue weighted by molar-refractivity contribution is 6.34. The number of benzene rings is 3. The van der Waals surface area contributed by atoms with E-state index in [2.05, 4.69) is 5.32 Å². The van der Waals surface area contributed by atoms with Gasteiger partial charge in [0.05, 0.1) is 16.3 Å². The monoisotopic (exact) mass is 518 g/mol. The molecule has 0 aliphatic heterocycles. The largest absolute Gasteiger partial charge is 0.478 e.